The molecule has 2 aromatic heterocycles. The molecule has 3 aromatic rings. The van der Waals surface area contributed by atoms with E-state index in [1.165, 1.54) is 29.5 Å². The van der Waals surface area contributed by atoms with E-state index >= 15 is 0 Å². The highest BCUT2D eigenvalue weighted by Crippen LogP contribution is 2.40. The maximum absolute atomic E-state index is 12.9. The van der Waals surface area contributed by atoms with Crippen LogP contribution in [0.2, 0.25) is 0 Å². The predicted octanol–water partition coefficient (Wildman–Crippen LogP) is 4.40. The third-order valence-corrected chi connectivity index (χ3v) is 6.75. The third kappa shape index (κ3) is 4.47. The van der Waals surface area contributed by atoms with Gasteiger partial charge in [0.2, 0.25) is 5.91 Å². The summed E-state index contributed by atoms with van der Waals surface area (Å²) in [6.45, 7) is 2.57. The van der Waals surface area contributed by atoms with Crippen molar-refractivity contribution in [3.05, 3.63) is 64.1 Å². The van der Waals surface area contributed by atoms with Crippen molar-refractivity contribution in [1.29, 1.82) is 0 Å². The molecule has 1 fully saturated rings. The number of carbonyl (C=O) groups excluding carboxylic acids is 1. The molecule has 0 bridgehead atoms. The smallest absolute Gasteiger partial charge is 0.235 e. The zero-order valence-electron chi connectivity index (χ0n) is 16.1. The van der Waals surface area contributed by atoms with E-state index in [0.717, 1.165) is 23.0 Å². The molecule has 0 radical (unpaired) electrons. The van der Waals surface area contributed by atoms with Crippen molar-refractivity contribution < 1.29 is 4.79 Å². The Bertz CT molecular complexity index is 919. The van der Waals surface area contributed by atoms with E-state index < -0.39 is 0 Å². The number of hydrogen-bond acceptors (Lipinski definition) is 5. The highest BCUT2D eigenvalue weighted by Gasteiger charge is 2.31. The largest absolute Gasteiger partial charge is 0.340 e. The van der Waals surface area contributed by atoms with Crippen LogP contribution in [0.4, 0.5) is 0 Å². The summed E-state index contributed by atoms with van der Waals surface area (Å²) in [5.41, 5.74) is 1.13. The number of nitrogens with zero attached hydrogens (tertiary/aromatic N) is 4. The number of thioether (sulfide) groups is 1. The van der Waals surface area contributed by atoms with E-state index in [2.05, 4.69) is 32.3 Å². The molecule has 1 aliphatic rings. The van der Waals surface area contributed by atoms with Gasteiger partial charge in [-0.25, -0.2) is 0 Å². The van der Waals surface area contributed by atoms with Crippen LogP contribution in [0.15, 0.2) is 53.0 Å². The molecule has 5 nitrogen and oxygen atoms in total. The molecule has 0 spiro atoms. The first-order chi connectivity index (χ1) is 13.6. The minimum Gasteiger partial charge on any atom is -0.340 e. The van der Waals surface area contributed by atoms with Crippen molar-refractivity contribution in [3.8, 4) is 0 Å². The van der Waals surface area contributed by atoms with Gasteiger partial charge in [-0.05, 0) is 36.8 Å². The molecule has 4 rings (SSSR count). The van der Waals surface area contributed by atoms with Gasteiger partial charge in [0, 0.05) is 30.9 Å². The third-order valence-electron chi connectivity index (χ3n) is 4.83. The van der Waals surface area contributed by atoms with Gasteiger partial charge in [-0.1, -0.05) is 48.2 Å². The Balaban J connectivity index is 1.44. The van der Waals surface area contributed by atoms with Crippen molar-refractivity contribution in [2.45, 2.75) is 49.2 Å². The van der Waals surface area contributed by atoms with Gasteiger partial charge in [0.25, 0.3) is 0 Å². The Morgan fingerprint density at radius 1 is 1.25 bits per heavy atom. The Morgan fingerprint density at radius 2 is 2.04 bits per heavy atom. The summed E-state index contributed by atoms with van der Waals surface area (Å²) in [4.78, 5) is 15.9. The highest BCUT2D eigenvalue weighted by atomic mass is 32.2. The van der Waals surface area contributed by atoms with Crippen molar-refractivity contribution in [1.82, 2.24) is 19.7 Å². The number of benzene rings is 1. The quantitative estimate of drug-likeness (QED) is 0.515. The molecule has 0 unspecified atom stereocenters. The Kier molecular flexibility index (Phi) is 5.82. The lowest BCUT2D eigenvalue weighted by Gasteiger charge is -2.21. The van der Waals surface area contributed by atoms with Crippen LogP contribution >= 0.6 is 23.1 Å². The topological polar surface area (TPSA) is 51.0 Å². The fourth-order valence-corrected chi connectivity index (χ4v) is 4.99. The molecule has 1 saturated carbocycles. The minimum absolute atomic E-state index is 0.110. The molecular formula is C21H24N4OS2. The summed E-state index contributed by atoms with van der Waals surface area (Å²) in [5.74, 6) is 1.11. The second-order valence-electron chi connectivity index (χ2n) is 7.20. The van der Waals surface area contributed by atoms with Crippen LogP contribution in [-0.2, 0) is 17.8 Å². The maximum atomic E-state index is 12.9. The van der Waals surface area contributed by atoms with Gasteiger partial charge >= 0.3 is 0 Å². The number of rotatable bonds is 8. The predicted molar refractivity (Wildman–Crippen MR) is 114 cm³/mol. The van der Waals surface area contributed by atoms with Crippen LogP contribution in [0, 0.1) is 0 Å². The van der Waals surface area contributed by atoms with Crippen LogP contribution in [0.5, 0.6) is 0 Å². The van der Waals surface area contributed by atoms with E-state index in [1.54, 1.807) is 16.2 Å². The number of amides is 1. The maximum Gasteiger partial charge on any atom is 0.235 e. The molecule has 0 N–H and O–H groups in total. The lowest BCUT2D eigenvalue weighted by molar-refractivity contribution is -0.129. The van der Waals surface area contributed by atoms with Crippen LogP contribution < -0.4 is 0 Å². The number of aromatic nitrogens is 3. The summed E-state index contributed by atoms with van der Waals surface area (Å²) in [6.07, 6.45) is 3.14. The monoisotopic (exact) mass is 412 g/mol. The second kappa shape index (κ2) is 8.49. The Morgan fingerprint density at radius 3 is 2.71 bits per heavy atom. The van der Waals surface area contributed by atoms with E-state index in [0.29, 0.717) is 12.6 Å². The summed E-state index contributed by atoms with van der Waals surface area (Å²) < 4.78 is 2.26. The second-order valence-corrected chi connectivity index (χ2v) is 9.54. The van der Waals surface area contributed by atoms with Gasteiger partial charge in [0.15, 0.2) is 5.16 Å². The molecule has 0 aliphatic heterocycles. The fraction of sp³-hybridized carbons (Fsp3) is 0.381. The van der Waals surface area contributed by atoms with Gasteiger partial charge < -0.3 is 9.47 Å². The molecule has 146 valence electrons. The zero-order chi connectivity index (χ0) is 19.5. The summed E-state index contributed by atoms with van der Waals surface area (Å²) in [5, 5.41) is 11.6. The van der Waals surface area contributed by atoms with Gasteiger partial charge in [0.05, 0.1) is 5.25 Å². The molecule has 7 heteroatoms. The van der Waals surface area contributed by atoms with E-state index in [1.807, 2.05) is 44.3 Å². The fourth-order valence-electron chi connectivity index (χ4n) is 3.23. The van der Waals surface area contributed by atoms with E-state index in [4.69, 9.17) is 0 Å². The van der Waals surface area contributed by atoms with Crippen molar-refractivity contribution in [2.75, 3.05) is 7.05 Å². The lowest BCUT2D eigenvalue weighted by atomic mass is 10.2. The Hall–Kier alpha value is -2.12. The SMILES string of the molecule is C[C@H](Sc1nnc(Cc2cccs2)n1C1CC1)C(=O)N(C)Cc1ccccc1. The molecule has 1 aliphatic carbocycles. The van der Waals surface area contributed by atoms with Crippen molar-refractivity contribution >= 4 is 29.0 Å². The van der Waals surface area contributed by atoms with Gasteiger partial charge in [0.1, 0.15) is 5.82 Å². The normalized spacial score (nSPS) is 14.8. The lowest BCUT2D eigenvalue weighted by Crippen LogP contribution is -2.33. The summed E-state index contributed by atoms with van der Waals surface area (Å²) in [6, 6.07) is 14.8. The zero-order valence-corrected chi connectivity index (χ0v) is 17.7. The van der Waals surface area contributed by atoms with Gasteiger partial charge in [-0.15, -0.1) is 21.5 Å². The first-order valence-electron chi connectivity index (χ1n) is 9.53. The summed E-state index contributed by atoms with van der Waals surface area (Å²) in [7, 11) is 1.86. The van der Waals surface area contributed by atoms with Crippen LogP contribution in [-0.4, -0.2) is 37.9 Å². The number of thiophene rings is 1. The number of hydrogen-bond donors (Lipinski definition) is 0. The minimum atomic E-state index is -0.204. The van der Waals surface area contributed by atoms with Crippen molar-refractivity contribution in [3.63, 3.8) is 0 Å². The number of carbonyl (C=O) groups is 1. The molecule has 2 heterocycles. The molecule has 0 saturated heterocycles. The highest BCUT2D eigenvalue weighted by molar-refractivity contribution is 8.00. The Labute approximate surface area is 173 Å². The van der Waals surface area contributed by atoms with Crippen LogP contribution in [0.3, 0.4) is 0 Å². The average molecular weight is 413 g/mol. The summed E-state index contributed by atoms with van der Waals surface area (Å²) >= 11 is 3.26. The van der Waals surface area contributed by atoms with E-state index in [-0.39, 0.29) is 11.2 Å². The average Bonchev–Trinajstić information content (AvgIpc) is 3.26. The van der Waals surface area contributed by atoms with Gasteiger partial charge in [-0.3, -0.25) is 4.79 Å². The molecule has 1 amide bonds. The first kappa shape index (κ1) is 19.2. The van der Waals surface area contributed by atoms with Crippen molar-refractivity contribution in [2.24, 2.45) is 0 Å². The molecule has 1 atom stereocenters. The molecular weight excluding hydrogens is 388 g/mol. The van der Waals surface area contributed by atoms with E-state index in [9.17, 15) is 4.79 Å². The first-order valence-corrected chi connectivity index (χ1v) is 11.3. The van der Waals surface area contributed by atoms with Crippen LogP contribution in [0.1, 0.15) is 42.1 Å². The molecule has 28 heavy (non-hydrogen) atoms. The molecule has 1 aromatic carbocycles. The van der Waals surface area contributed by atoms with Crippen LogP contribution in [0.25, 0.3) is 0 Å². The van der Waals surface area contributed by atoms with Gasteiger partial charge in [-0.2, -0.15) is 0 Å². The standard InChI is InChI=1S/C21H24N4OS2/c1-15(20(26)24(2)14-16-7-4-3-5-8-16)28-21-23-22-19(25(21)17-10-11-17)13-18-9-6-12-27-18/h3-9,12,15,17H,10-11,13-14H2,1-2H3/t15-/m0/s1.